The molecule has 0 radical (unpaired) electrons. The first-order valence-corrected chi connectivity index (χ1v) is 4.56. The molecule has 4 N–H and O–H groups in total. The van der Waals surface area contributed by atoms with Crippen LogP contribution in [0.4, 0.5) is 16.2 Å². The molecule has 0 bridgehead atoms. The molecular formula is C10H12N2O2. The van der Waals surface area contributed by atoms with Crippen LogP contribution in [0.3, 0.4) is 0 Å². The Kier molecular flexibility index (Phi) is 2.04. The average molecular weight is 192 g/mol. The zero-order valence-electron chi connectivity index (χ0n) is 7.66. The average Bonchev–Trinajstić information content (AvgIpc) is 2.90. The van der Waals surface area contributed by atoms with Gasteiger partial charge in [0.2, 0.25) is 0 Å². The standard InChI is InChI=1S/C10H12N2O2/c11-8-5-7(6-1-2-6)3-4-9(8)12-10(13)14/h3-6,12H,1-2,11H2,(H,13,14). The number of nitrogen functional groups attached to an aromatic ring is 1. The van der Waals surface area contributed by atoms with Crippen LogP contribution in [0.15, 0.2) is 18.2 Å². The fourth-order valence-electron chi connectivity index (χ4n) is 1.48. The first-order valence-electron chi connectivity index (χ1n) is 4.56. The zero-order chi connectivity index (χ0) is 10.1. The minimum atomic E-state index is -1.09. The minimum Gasteiger partial charge on any atom is -0.465 e. The van der Waals surface area contributed by atoms with E-state index in [0.29, 0.717) is 17.3 Å². The number of benzene rings is 1. The van der Waals surface area contributed by atoms with Gasteiger partial charge in [-0.3, -0.25) is 5.32 Å². The summed E-state index contributed by atoms with van der Waals surface area (Å²) in [6.45, 7) is 0. The molecule has 4 heteroatoms. The van der Waals surface area contributed by atoms with E-state index in [0.717, 1.165) is 0 Å². The van der Waals surface area contributed by atoms with Crippen molar-refractivity contribution in [2.45, 2.75) is 18.8 Å². The van der Waals surface area contributed by atoms with Crippen LogP contribution >= 0.6 is 0 Å². The molecule has 1 aromatic carbocycles. The minimum absolute atomic E-state index is 0.460. The molecule has 1 aromatic rings. The highest BCUT2D eigenvalue weighted by Crippen LogP contribution is 2.41. The smallest absolute Gasteiger partial charge is 0.409 e. The highest BCUT2D eigenvalue weighted by Gasteiger charge is 2.23. The lowest BCUT2D eigenvalue weighted by atomic mass is 10.1. The number of rotatable bonds is 2. The van der Waals surface area contributed by atoms with Crippen LogP contribution < -0.4 is 11.1 Å². The van der Waals surface area contributed by atoms with Gasteiger partial charge in [0.05, 0.1) is 11.4 Å². The van der Waals surface area contributed by atoms with Crippen LogP contribution in [-0.4, -0.2) is 11.2 Å². The van der Waals surface area contributed by atoms with Crippen molar-refractivity contribution < 1.29 is 9.90 Å². The van der Waals surface area contributed by atoms with Crippen molar-refractivity contribution >= 4 is 17.5 Å². The van der Waals surface area contributed by atoms with Gasteiger partial charge in [0.25, 0.3) is 0 Å². The summed E-state index contributed by atoms with van der Waals surface area (Å²) in [5.74, 6) is 0.635. The number of carbonyl (C=O) groups is 1. The first kappa shape index (κ1) is 8.87. The normalized spacial score (nSPS) is 15.1. The molecule has 4 nitrogen and oxygen atoms in total. The lowest BCUT2D eigenvalue weighted by Gasteiger charge is -2.06. The first-order chi connectivity index (χ1) is 6.66. The van der Waals surface area contributed by atoms with Gasteiger partial charge in [0.15, 0.2) is 0 Å². The summed E-state index contributed by atoms with van der Waals surface area (Å²) in [6, 6.07) is 5.50. The maximum Gasteiger partial charge on any atom is 0.409 e. The highest BCUT2D eigenvalue weighted by molar-refractivity contribution is 5.87. The van der Waals surface area contributed by atoms with Crippen LogP contribution in [0.25, 0.3) is 0 Å². The maximum absolute atomic E-state index is 10.4. The quantitative estimate of drug-likeness (QED) is 0.629. The SMILES string of the molecule is Nc1cc(C2CC2)ccc1NC(=O)O. The second kappa shape index (κ2) is 3.21. The summed E-state index contributed by atoms with van der Waals surface area (Å²) in [5, 5.41) is 10.8. The number of nitrogens with two attached hydrogens (primary N) is 1. The van der Waals surface area contributed by atoms with Gasteiger partial charge in [-0.2, -0.15) is 0 Å². The fourth-order valence-corrected chi connectivity index (χ4v) is 1.48. The lowest BCUT2D eigenvalue weighted by molar-refractivity contribution is 0.210. The summed E-state index contributed by atoms with van der Waals surface area (Å²) >= 11 is 0. The summed E-state index contributed by atoms with van der Waals surface area (Å²) in [4.78, 5) is 10.4. The number of carboxylic acid groups (broad SMARTS) is 1. The van der Waals surface area contributed by atoms with Gasteiger partial charge in [0.1, 0.15) is 0 Å². The third kappa shape index (κ3) is 1.79. The molecule has 0 atom stereocenters. The Morgan fingerprint density at radius 1 is 1.50 bits per heavy atom. The zero-order valence-corrected chi connectivity index (χ0v) is 7.66. The molecule has 0 aliphatic heterocycles. The van der Waals surface area contributed by atoms with E-state index in [1.807, 2.05) is 12.1 Å². The second-order valence-electron chi connectivity index (χ2n) is 3.55. The summed E-state index contributed by atoms with van der Waals surface area (Å²) in [5.41, 5.74) is 7.87. The molecular weight excluding hydrogens is 180 g/mol. The van der Waals surface area contributed by atoms with Crippen LogP contribution in [-0.2, 0) is 0 Å². The van der Waals surface area contributed by atoms with Gasteiger partial charge in [-0.25, -0.2) is 4.79 Å². The van der Waals surface area contributed by atoms with Crippen molar-refractivity contribution in [1.29, 1.82) is 0 Å². The van der Waals surface area contributed by atoms with E-state index in [9.17, 15) is 4.79 Å². The molecule has 1 saturated carbocycles. The van der Waals surface area contributed by atoms with Crippen LogP contribution in [0, 0.1) is 0 Å². The number of hydrogen-bond acceptors (Lipinski definition) is 2. The van der Waals surface area contributed by atoms with Gasteiger partial charge in [-0.15, -0.1) is 0 Å². The highest BCUT2D eigenvalue weighted by atomic mass is 16.4. The molecule has 0 spiro atoms. The molecule has 74 valence electrons. The third-order valence-corrected chi connectivity index (χ3v) is 2.37. The molecule has 1 amide bonds. The maximum atomic E-state index is 10.4. The van der Waals surface area contributed by atoms with Crippen LogP contribution in [0.2, 0.25) is 0 Å². The van der Waals surface area contributed by atoms with Gasteiger partial charge in [-0.05, 0) is 36.5 Å². The van der Waals surface area contributed by atoms with Crippen molar-refractivity contribution in [2.24, 2.45) is 0 Å². The third-order valence-electron chi connectivity index (χ3n) is 2.37. The molecule has 0 unspecified atom stereocenters. The van der Waals surface area contributed by atoms with Gasteiger partial charge in [0, 0.05) is 0 Å². The predicted molar refractivity (Wildman–Crippen MR) is 54.5 cm³/mol. The van der Waals surface area contributed by atoms with E-state index in [2.05, 4.69) is 5.32 Å². The number of hydrogen-bond donors (Lipinski definition) is 3. The number of amides is 1. The molecule has 0 saturated heterocycles. The van der Waals surface area contributed by atoms with Crippen LogP contribution in [0.1, 0.15) is 24.3 Å². The number of anilines is 2. The Morgan fingerprint density at radius 2 is 2.21 bits per heavy atom. The molecule has 2 rings (SSSR count). The van der Waals surface area contributed by atoms with E-state index >= 15 is 0 Å². The molecule has 0 aromatic heterocycles. The Balaban J connectivity index is 2.21. The van der Waals surface area contributed by atoms with E-state index in [4.69, 9.17) is 10.8 Å². The van der Waals surface area contributed by atoms with E-state index in [1.165, 1.54) is 18.4 Å². The number of nitrogens with one attached hydrogen (secondary N) is 1. The van der Waals surface area contributed by atoms with Crippen molar-refractivity contribution in [3.8, 4) is 0 Å². The summed E-state index contributed by atoms with van der Waals surface area (Å²) < 4.78 is 0. The predicted octanol–water partition coefficient (Wildman–Crippen LogP) is 2.24. The van der Waals surface area contributed by atoms with E-state index in [-0.39, 0.29) is 0 Å². The van der Waals surface area contributed by atoms with Gasteiger partial charge in [-0.1, -0.05) is 6.07 Å². The van der Waals surface area contributed by atoms with Crippen molar-refractivity contribution in [3.05, 3.63) is 23.8 Å². The van der Waals surface area contributed by atoms with Crippen LogP contribution in [0.5, 0.6) is 0 Å². The lowest BCUT2D eigenvalue weighted by Crippen LogP contribution is -2.09. The van der Waals surface area contributed by atoms with Crippen molar-refractivity contribution in [1.82, 2.24) is 0 Å². The second-order valence-corrected chi connectivity index (χ2v) is 3.55. The molecule has 1 fully saturated rings. The Labute approximate surface area is 81.7 Å². The van der Waals surface area contributed by atoms with E-state index < -0.39 is 6.09 Å². The Morgan fingerprint density at radius 3 is 2.71 bits per heavy atom. The largest absolute Gasteiger partial charge is 0.465 e. The van der Waals surface area contributed by atoms with E-state index in [1.54, 1.807) is 6.07 Å². The monoisotopic (exact) mass is 192 g/mol. The van der Waals surface area contributed by atoms with Gasteiger partial charge < -0.3 is 10.8 Å². The summed E-state index contributed by atoms with van der Waals surface area (Å²) in [6.07, 6.45) is 1.34. The molecule has 1 aliphatic rings. The molecule has 0 heterocycles. The van der Waals surface area contributed by atoms with Gasteiger partial charge >= 0.3 is 6.09 Å². The fraction of sp³-hybridized carbons (Fsp3) is 0.300. The topological polar surface area (TPSA) is 75.3 Å². The van der Waals surface area contributed by atoms with Crippen molar-refractivity contribution in [3.63, 3.8) is 0 Å². The molecule has 1 aliphatic carbocycles. The Hall–Kier alpha value is -1.71. The summed E-state index contributed by atoms with van der Waals surface area (Å²) in [7, 11) is 0. The Bertz CT molecular complexity index is 372. The van der Waals surface area contributed by atoms with Crippen molar-refractivity contribution in [2.75, 3.05) is 11.1 Å². The molecule has 14 heavy (non-hydrogen) atoms.